The fraction of sp³-hybridized carbons (Fsp3) is 0.259. The summed E-state index contributed by atoms with van der Waals surface area (Å²) in [6, 6.07) is 27.2. The van der Waals surface area contributed by atoms with E-state index in [1.54, 1.807) is 17.8 Å². The number of nitrogens with zero attached hydrogens (tertiary/aromatic N) is 3. The minimum absolute atomic E-state index is 0.118. The van der Waals surface area contributed by atoms with E-state index < -0.39 is 0 Å². The lowest BCUT2D eigenvalue weighted by atomic mass is 9.95. The Balaban J connectivity index is 1.60. The van der Waals surface area contributed by atoms with Crippen LogP contribution < -0.4 is 0 Å². The van der Waals surface area contributed by atoms with E-state index in [2.05, 4.69) is 70.3 Å². The summed E-state index contributed by atoms with van der Waals surface area (Å²) in [6.07, 6.45) is 5.99. The molecule has 0 saturated heterocycles. The van der Waals surface area contributed by atoms with Crippen molar-refractivity contribution in [3.8, 4) is 11.4 Å². The van der Waals surface area contributed by atoms with E-state index in [9.17, 15) is 0 Å². The van der Waals surface area contributed by atoms with Crippen LogP contribution in [0, 0.1) is 0 Å². The van der Waals surface area contributed by atoms with E-state index in [0.29, 0.717) is 16.1 Å². The van der Waals surface area contributed by atoms with Gasteiger partial charge in [-0.3, -0.25) is 4.57 Å². The zero-order chi connectivity index (χ0) is 22.6. The zero-order valence-corrected chi connectivity index (χ0v) is 20.5. The van der Waals surface area contributed by atoms with Crippen molar-refractivity contribution in [1.82, 2.24) is 14.8 Å². The Labute approximate surface area is 209 Å². The predicted molar refractivity (Wildman–Crippen MR) is 138 cm³/mol. The first-order chi connectivity index (χ1) is 16.2. The topological polar surface area (TPSA) is 30.7 Å². The molecule has 0 atom stereocenters. The van der Waals surface area contributed by atoms with Gasteiger partial charge in [0.25, 0.3) is 0 Å². The minimum atomic E-state index is 0.118. The monoisotopic (exact) mass is 493 g/mol. The van der Waals surface area contributed by atoms with Crippen molar-refractivity contribution in [3.05, 3.63) is 100 Å². The second-order valence-corrected chi connectivity index (χ2v) is 10.3. The maximum absolute atomic E-state index is 6.61. The van der Waals surface area contributed by atoms with Crippen LogP contribution >= 0.6 is 35.0 Å². The molecule has 1 aliphatic rings. The molecule has 3 nitrogen and oxygen atoms in total. The average molecular weight is 494 g/mol. The van der Waals surface area contributed by atoms with Gasteiger partial charge in [0.15, 0.2) is 11.0 Å². The minimum Gasteiger partial charge on any atom is -0.299 e. The predicted octanol–water partition coefficient (Wildman–Crippen LogP) is 8.64. The molecule has 33 heavy (non-hydrogen) atoms. The zero-order valence-electron chi connectivity index (χ0n) is 18.2. The third-order valence-electron chi connectivity index (χ3n) is 6.20. The van der Waals surface area contributed by atoms with Crippen LogP contribution in [0.25, 0.3) is 11.4 Å². The van der Waals surface area contributed by atoms with Crippen molar-refractivity contribution >= 4 is 35.0 Å². The summed E-state index contributed by atoms with van der Waals surface area (Å²) in [5, 5.41) is 11.6. The quantitative estimate of drug-likeness (QED) is 0.251. The molecular formula is C27H25Cl2N3S. The van der Waals surface area contributed by atoms with E-state index in [-0.39, 0.29) is 5.25 Å². The van der Waals surface area contributed by atoms with Crippen molar-refractivity contribution in [2.24, 2.45) is 0 Å². The van der Waals surface area contributed by atoms with Crippen LogP contribution in [0.15, 0.2) is 84.0 Å². The number of rotatable bonds is 6. The van der Waals surface area contributed by atoms with Crippen LogP contribution in [0.5, 0.6) is 0 Å². The Morgan fingerprint density at radius 1 is 0.788 bits per heavy atom. The number of hydrogen-bond acceptors (Lipinski definition) is 3. The van der Waals surface area contributed by atoms with E-state index in [4.69, 9.17) is 28.3 Å². The molecule has 1 aliphatic carbocycles. The summed E-state index contributed by atoms with van der Waals surface area (Å²) in [6.45, 7) is 0. The largest absolute Gasteiger partial charge is 0.299 e. The highest BCUT2D eigenvalue weighted by Gasteiger charge is 2.27. The van der Waals surface area contributed by atoms with E-state index in [0.717, 1.165) is 29.4 Å². The maximum atomic E-state index is 6.61. The summed E-state index contributed by atoms with van der Waals surface area (Å²) < 4.78 is 2.33. The number of aromatic nitrogens is 3. The Morgan fingerprint density at radius 3 is 2.03 bits per heavy atom. The van der Waals surface area contributed by atoms with Gasteiger partial charge < -0.3 is 0 Å². The number of thioether (sulfide) groups is 1. The molecule has 1 fully saturated rings. The molecule has 0 unspecified atom stereocenters. The van der Waals surface area contributed by atoms with Gasteiger partial charge in [0.2, 0.25) is 0 Å². The smallest absolute Gasteiger partial charge is 0.192 e. The van der Waals surface area contributed by atoms with Crippen LogP contribution in [0.3, 0.4) is 0 Å². The third kappa shape index (κ3) is 4.98. The first-order valence-corrected chi connectivity index (χ1v) is 13.0. The standard InChI is InChI=1S/C27H25Cl2N3S/c28-21-16-17-23(24(29)18-21)26-30-31-27(32(26)22-14-8-3-9-15-22)33-25(19-10-4-1-5-11-19)20-12-6-2-7-13-20/h1-2,4-7,10-13,16-18,22,25H,3,8-9,14-15H2. The molecule has 1 heterocycles. The summed E-state index contributed by atoms with van der Waals surface area (Å²) in [5.41, 5.74) is 3.37. The van der Waals surface area contributed by atoms with E-state index in [1.807, 2.05) is 12.1 Å². The fourth-order valence-corrected chi connectivity index (χ4v) is 6.30. The molecule has 0 spiro atoms. The van der Waals surface area contributed by atoms with Crippen molar-refractivity contribution < 1.29 is 0 Å². The van der Waals surface area contributed by atoms with Crippen molar-refractivity contribution in [1.29, 1.82) is 0 Å². The van der Waals surface area contributed by atoms with E-state index in [1.165, 1.54) is 30.4 Å². The molecule has 0 N–H and O–H groups in total. The van der Waals surface area contributed by atoms with Crippen LogP contribution in [-0.4, -0.2) is 14.8 Å². The van der Waals surface area contributed by atoms with Crippen LogP contribution in [0.2, 0.25) is 10.0 Å². The molecule has 6 heteroatoms. The molecule has 0 aliphatic heterocycles. The van der Waals surface area contributed by atoms with Gasteiger partial charge in [-0.2, -0.15) is 0 Å². The summed E-state index contributed by atoms with van der Waals surface area (Å²) in [7, 11) is 0. The molecule has 0 bridgehead atoms. The first-order valence-electron chi connectivity index (χ1n) is 11.4. The second kappa shape index (κ2) is 10.3. The molecular weight excluding hydrogens is 469 g/mol. The van der Waals surface area contributed by atoms with Gasteiger partial charge in [0, 0.05) is 16.6 Å². The lowest BCUT2D eigenvalue weighted by molar-refractivity contribution is 0.339. The van der Waals surface area contributed by atoms with Gasteiger partial charge in [-0.05, 0) is 42.2 Å². The molecule has 0 radical (unpaired) electrons. The normalized spacial score (nSPS) is 14.6. The average Bonchev–Trinajstić information content (AvgIpc) is 3.27. The number of halogens is 2. The van der Waals surface area contributed by atoms with E-state index >= 15 is 0 Å². The summed E-state index contributed by atoms with van der Waals surface area (Å²) in [5.74, 6) is 0.825. The van der Waals surface area contributed by atoms with Gasteiger partial charge in [-0.1, -0.05) is 115 Å². The Hall–Kier alpha value is -2.27. The maximum Gasteiger partial charge on any atom is 0.192 e. The summed E-state index contributed by atoms with van der Waals surface area (Å²) in [4.78, 5) is 0. The van der Waals surface area contributed by atoms with Crippen LogP contribution in [0.1, 0.15) is 54.5 Å². The van der Waals surface area contributed by atoms with Gasteiger partial charge in [0.05, 0.1) is 10.3 Å². The molecule has 4 aromatic rings. The molecule has 0 amide bonds. The van der Waals surface area contributed by atoms with Crippen LogP contribution in [0.4, 0.5) is 0 Å². The van der Waals surface area contributed by atoms with Gasteiger partial charge in [0.1, 0.15) is 0 Å². The molecule has 3 aromatic carbocycles. The lowest BCUT2D eigenvalue weighted by Crippen LogP contribution is -2.15. The highest BCUT2D eigenvalue weighted by Crippen LogP contribution is 2.44. The van der Waals surface area contributed by atoms with Crippen LogP contribution in [-0.2, 0) is 0 Å². The van der Waals surface area contributed by atoms with Gasteiger partial charge in [-0.25, -0.2) is 0 Å². The Bertz CT molecular complexity index is 1170. The number of hydrogen-bond donors (Lipinski definition) is 0. The lowest BCUT2D eigenvalue weighted by Gasteiger charge is -2.27. The van der Waals surface area contributed by atoms with Gasteiger partial charge >= 0.3 is 0 Å². The number of benzene rings is 3. The van der Waals surface area contributed by atoms with Crippen molar-refractivity contribution in [3.63, 3.8) is 0 Å². The highest BCUT2D eigenvalue weighted by molar-refractivity contribution is 7.99. The highest BCUT2D eigenvalue weighted by atomic mass is 35.5. The van der Waals surface area contributed by atoms with Crippen molar-refractivity contribution in [2.45, 2.75) is 48.6 Å². The summed E-state index contributed by atoms with van der Waals surface area (Å²) >= 11 is 14.5. The molecule has 1 saturated carbocycles. The Morgan fingerprint density at radius 2 is 1.42 bits per heavy atom. The SMILES string of the molecule is Clc1ccc(-c2nnc(SC(c3ccccc3)c3ccccc3)n2C2CCCCC2)c(Cl)c1. The molecule has 5 rings (SSSR count). The second-order valence-electron chi connectivity index (χ2n) is 8.41. The Kier molecular flexibility index (Phi) is 7.05. The third-order valence-corrected chi connectivity index (χ3v) is 8.02. The fourth-order valence-electron chi connectivity index (χ4n) is 4.57. The molecule has 168 valence electrons. The van der Waals surface area contributed by atoms with Gasteiger partial charge in [-0.15, -0.1) is 10.2 Å². The molecule has 1 aromatic heterocycles. The first kappa shape index (κ1) is 22.5. The van der Waals surface area contributed by atoms with Crippen molar-refractivity contribution in [2.75, 3.05) is 0 Å².